The lowest BCUT2D eigenvalue weighted by atomic mass is 10.2. The highest BCUT2D eigenvalue weighted by molar-refractivity contribution is 7.79. The number of benzene rings is 3. The first-order valence-electron chi connectivity index (χ1n) is 9.18. The van der Waals surface area contributed by atoms with Gasteiger partial charge >= 0.3 is 0 Å². The van der Waals surface area contributed by atoms with Crippen molar-refractivity contribution in [3.05, 3.63) is 108 Å². The molecule has 0 saturated heterocycles. The summed E-state index contributed by atoms with van der Waals surface area (Å²) in [6, 6.07) is 30.8. The summed E-state index contributed by atoms with van der Waals surface area (Å²) in [6.45, 7) is 6.25. The second-order valence-corrected chi connectivity index (χ2v) is 6.02. The van der Waals surface area contributed by atoms with E-state index >= 15 is 0 Å². The summed E-state index contributed by atoms with van der Waals surface area (Å²) in [5, 5.41) is 0. The Labute approximate surface area is 166 Å². The molecule has 1 heteroatoms. The summed E-state index contributed by atoms with van der Waals surface area (Å²) >= 11 is 3.53. The van der Waals surface area contributed by atoms with Crippen LogP contribution in [0.3, 0.4) is 0 Å². The third-order valence-corrected chi connectivity index (χ3v) is 3.17. The summed E-state index contributed by atoms with van der Waals surface area (Å²) < 4.78 is 0. The van der Waals surface area contributed by atoms with Gasteiger partial charge in [0.1, 0.15) is 0 Å². The molecule has 1 aliphatic carbocycles. The molecule has 0 nitrogen and oxygen atoms in total. The summed E-state index contributed by atoms with van der Waals surface area (Å²) in [6.07, 6.45) is 6.19. The molecule has 4 rings (SSSR count). The molecule has 1 fully saturated rings. The molecule has 3 aromatic rings. The van der Waals surface area contributed by atoms with Gasteiger partial charge in [-0.2, -0.15) is 12.6 Å². The first-order chi connectivity index (χ1) is 12.7. The highest BCUT2D eigenvalue weighted by Gasteiger charge is 1.95. The predicted octanol–water partition coefficient (Wildman–Crippen LogP) is 7.70. The Morgan fingerprint density at radius 2 is 0.615 bits per heavy atom. The third-order valence-electron chi connectivity index (χ3n) is 3.17. The maximum Gasteiger partial charge on any atom is -0.0215 e. The lowest BCUT2D eigenvalue weighted by molar-refractivity contribution is 1.48. The zero-order chi connectivity index (χ0) is 19.5. The Morgan fingerprint density at radius 3 is 0.692 bits per heavy atom. The minimum absolute atomic E-state index is 1.32. The van der Waals surface area contributed by atoms with Crippen molar-refractivity contribution in [2.24, 2.45) is 0 Å². The van der Waals surface area contributed by atoms with Crippen molar-refractivity contribution in [2.75, 3.05) is 6.26 Å². The van der Waals surface area contributed by atoms with Crippen molar-refractivity contribution < 1.29 is 0 Å². The monoisotopic (exact) mass is 366 g/mol. The maximum atomic E-state index is 3.53. The van der Waals surface area contributed by atoms with Crippen molar-refractivity contribution in [1.82, 2.24) is 0 Å². The molecule has 0 N–H and O–H groups in total. The highest BCUT2D eigenvalue weighted by Crippen LogP contribution is 2.14. The first kappa shape index (κ1) is 24.0. The van der Waals surface area contributed by atoms with Gasteiger partial charge in [0.05, 0.1) is 0 Å². The van der Waals surface area contributed by atoms with E-state index in [-0.39, 0.29) is 0 Å². The Bertz CT molecular complexity index is 524. The summed E-state index contributed by atoms with van der Waals surface area (Å²) in [7, 11) is 0. The molecule has 0 heterocycles. The normalized spacial score (nSPS) is 10.0. The van der Waals surface area contributed by atoms with Crippen LogP contribution in [0.15, 0.2) is 91.0 Å². The van der Waals surface area contributed by atoms with E-state index in [9.17, 15) is 0 Å². The van der Waals surface area contributed by atoms with Crippen LogP contribution < -0.4 is 0 Å². The minimum Gasteiger partial charge on any atom is -0.183 e. The molecule has 0 atom stereocenters. The number of thiol groups is 1. The van der Waals surface area contributed by atoms with Gasteiger partial charge in [0.2, 0.25) is 0 Å². The van der Waals surface area contributed by atoms with Gasteiger partial charge in [0.15, 0.2) is 0 Å². The van der Waals surface area contributed by atoms with Gasteiger partial charge in [-0.15, -0.1) is 0 Å². The van der Waals surface area contributed by atoms with Crippen molar-refractivity contribution in [1.29, 1.82) is 0 Å². The van der Waals surface area contributed by atoms with Gasteiger partial charge in [-0.1, -0.05) is 127 Å². The van der Waals surface area contributed by atoms with E-state index in [0.29, 0.717) is 0 Å². The number of rotatable bonds is 0. The molecule has 0 amide bonds. The van der Waals surface area contributed by atoms with Gasteiger partial charge in [-0.25, -0.2) is 0 Å². The molecule has 0 spiro atoms. The van der Waals surface area contributed by atoms with Gasteiger partial charge < -0.3 is 0 Å². The average Bonchev–Trinajstić information content (AvgIpc) is 3.56. The number of hydrogen-bond donors (Lipinski definition) is 1. The van der Waals surface area contributed by atoms with E-state index < -0.39 is 0 Å². The molecule has 140 valence electrons. The van der Waals surface area contributed by atoms with Crippen LogP contribution in [0.1, 0.15) is 36.0 Å². The molecule has 26 heavy (non-hydrogen) atoms. The van der Waals surface area contributed by atoms with Crippen LogP contribution in [-0.2, 0) is 0 Å². The van der Waals surface area contributed by atoms with Crippen LogP contribution in [0.25, 0.3) is 0 Å². The quantitative estimate of drug-likeness (QED) is 0.387. The Balaban J connectivity index is 0.000000319. The number of hydrogen-bond acceptors (Lipinski definition) is 1. The molecule has 0 aromatic heterocycles. The standard InChI is InChI=1S/3C7H8.C3H6.CH4S/c3*1-7-5-3-2-4-6-7;1-2-3-1;1-2/h3*2-6H,1H3;1-3H2;2H,1H3. The van der Waals surface area contributed by atoms with Crippen LogP contribution in [0.2, 0.25) is 0 Å². The van der Waals surface area contributed by atoms with Gasteiger partial charge in [0.25, 0.3) is 0 Å². The van der Waals surface area contributed by atoms with Crippen molar-refractivity contribution >= 4 is 12.6 Å². The molecule has 0 bridgehead atoms. The topological polar surface area (TPSA) is 0 Å². The average molecular weight is 367 g/mol. The van der Waals surface area contributed by atoms with E-state index in [1.54, 1.807) is 6.26 Å². The minimum atomic E-state index is 1.32. The summed E-state index contributed by atoms with van der Waals surface area (Å²) in [5.74, 6) is 0. The van der Waals surface area contributed by atoms with Crippen molar-refractivity contribution in [3.63, 3.8) is 0 Å². The Hall–Kier alpha value is -1.99. The molecule has 1 saturated carbocycles. The molecule has 0 aliphatic heterocycles. The van der Waals surface area contributed by atoms with E-state index in [4.69, 9.17) is 0 Å². The zero-order valence-corrected chi connectivity index (χ0v) is 17.6. The second-order valence-electron chi connectivity index (χ2n) is 6.02. The summed E-state index contributed by atoms with van der Waals surface area (Å²) in [4.78, 5) is 0. The Kier molecular flexibility index (Phi) is 16.5. The van der Waals surface area contributed by atoms with Gasteiger partial charge in [-0.05, 0) is 27.0 Å². The Morgan fingerprint density at radius 1 is 0.423 bits per heavy atom. The van der Waals surface area contributed by atoms with Crippen LogP contribution in [0, 0.1) is 20.8 Å². The largest absolute Gasteiger partial charge is 0.183 e. The van der Waals surface area contributed by atoms with Gasteiger partial charge in [0, 0.05) is 0 Å². The van der Waals surface area contributed by atoms with E-state index in [1.807, 2.05) is 54.6 Å². The fourth-order valence-corrected chi connectivity index (χ4v) is 1.60. The maximum absolute atomic E-state index is 3.53. The fraction of sp³-hybridized carbons (Fsp3) is 0.280. The molecular weight excluding hydrogens is 332 g/mol. The summed E-state index contributed by atoms with van der Waals surface area (Å²) in [5.41, 5.74) is 3.97. The molecule has 0 unspecified atom stereocenters. The highest BCUT2D eigenvalue weighted by atomic mass is 32.1. The fourth-order valence-electron chi connectivity index (χ4n) is 1.60. The first-order valence-corrected chi connectivity index (χ1v) is 10.1. The molecular formula is C25H34S. The van der Waals surface area contributed by atoms with E-state index in [1.165, 1.54) is 36.0 Å². The van der Waals surface area contributed by atoms with Crippen LogP contribution in [0.4, 0.5) is 0 Å². The smallest absolute Gasteiger partial charge is 0.0215 e. The number of aryl methyl sites for hydroxylation is 3. The second kappa shape index (κ2) is 17.8. The molecule has 1 aliphatic rings. The van der Waals surface area contributed by atoms with Gasteiger partial charge in [-0.3, -0.25) is 0 Å². The van der Waals surface area contributed by atoms with Crippen molar-refractivity contribution in [3.8, 4) is 0 Å². The van der Waals surface area contributed by atoms with Crippen LogP contribution in [0.5, 0.6) is 0 Å². The zero-order valence-electron chi connectivity index (χ0n) is 16.7. The molecule has 0 radical (unpaired) electrons. The lowest BCUT2D eigenvalue weighted by Crippen LogP contribution is -1.62. The third kappa shape index (κ3) is 18.4. The van der Waals surface area contributed by atoms with Crippen LogP contribution >= 0.6 is 12.6 Å². The van der Waals surface area contributed by atoms with E-state index in [0.717, 1.165) is 0 Å². The van der Waals surface area contributed by atoms with Crippen LogP contribution in [-0.4, -0.2) is 6.26 Å². The lowest BCUT2D eigenvalue weighted by Gasteiger charge is -1.82. The SMILES string of the molecule is C1CC1.CS.Cc1ccccc1.Cc1ccccc1.Cc1ccccc1. The predicted molar refractivity (Wildman–Crippen MR) is 122 cm³/mol. The van der Waals surface area contributed by atoms with Crippen molar-refractivity contribution in [2.45, 2.75) is 40.0 Å². The molecule has 3 aromatic carbocycles. The van der Waals surface area contributed by atoms with E-state index in [2.05, 4.69) is 69.8 Å².